The van der Waals surface area contributed by atoms with Gasteiger partial charge in [-0.15, -0.1) is 0 Å². The number of nitrogens with one attached hydrogen (secondary N) is 1. The molecule has 1 aromatic rings. The van der Waals surface area contributed by atoms with Crippen molar-refractivity contribution < 1.29 is 25.2 Å². The topological polar surface area (TPSA) is 110 Å². The normalized spacial score (nSPS) is 15.6. The molecule has 0 radical (unpaired) electrons. The zero-order valence-electron chi connectivity index (χ0n) is 11.3. The second-order valence-corrected chi connectivity index (χ2v) is 5.50. The molecule has 0 aliphatic carbocycles. The molecule has 1 aromatic carbocycles. The molecule has 0 saturated heterocycles. The highest BCUT2D eigenvalue weighted by molar-refractivity contribution is 7.98. The van der Waals surface area contributed by atoms with E-state index in [0.29, 0.717) is 11.3 Å². The van der Waals surface area contributed by atoms with Crippen molar-refractivity contribution in [3.8, 4) is 11.5 Å². The van der Waals surface area contributed by atoms with E-state index in [1.807, 2.05) is 6.26 Å². The third-order valence-electron chi connectivity index (χ3n) is 2.96. The fraction of sp³-hybridized carbons (Fsp3) is 0.462. The summed E-state index contributed by atoms with van der Waals surface area (Å²) in [5, 5.41) is 40.9. The Bertz CT molecular complexity index is 482. The number of carboxylic acids is 1. The number of hydrogen-bond acceptors (Lipinski definition) is 6. The lowest BCUT2D eigenvalue weighted by molar-refractivity contribution is -0.163. The highest BCUT2D eigenvalue weighted by Crippen LogP contribution is 2.29. The van der Waals surface area contributed by atoms with Crippen LogP contribution in [0, 0.1) is 0 Å². The summed E-state index contributed by atoms with van der Waals surface area (Å²) in [6, 6.07) is 3.42. The molecule has 0 fully saturated rings. The van der Waals surface area contributed by atoms with E-state index in [1.165, 1.54) is 23.9 Å². The summed E-state index contributed by atoms with van der Waals surface area (Å²) in [5.41, 5.74) is -1.67. The van der Waals surface area contributed by atoms with E-state index in [-0.39, 0.29) is 17.9 Å². The molecule has 0 aliphatic heterocycles. The van der Waals surface area contributed by atoms with E-state index >= 15 is 0 Å². The van der Waals surface area contributed by atoms with Crippen LogP contribution in [0.1, 0.15) is 24.9 Å². The minimum Gasteiger partial charge on any atom is -0.508 e. The molecule has 20 heavy (non-hydrogen) atoms. The van der Waals surface area contributed by atoms with Crippen LogP contribution in [0.5, 0.6) is 11.5 Å². The minimum absolute atomic E-state index is 0.0344. The second kappa shape index (κ2) is 6.83. The van der Waals surface area contributed by atoms with Crippen molar-refractivity contribution in [2.75, 3.05) is 12.0 Å². The van der Waals surface area contributed by atoms with Gasteiger partial charge in [0.05, 0.1) is 0 Å². The number of carbonyl (C=O) groups is 1. The maximum atomic E-state index is 11.2. The van der Waals surface area contributed by atoms with Gasteiger partial charge in [0.1, 0.15) is 11.5 Å². The fourth-order valence-corrected chi connectivity index (χ4v) is 2.32. The third-order valence-corrected chi connectivity index (χ3v) is 3.57. The molecule has 7 heteroatoms. The molecule has 0 bridgehead atoms. The van der Waals surface area contributed by atoms with Crippen molar-refractivity contribution in [1.82, 2.24) is 5.32 Å². The van der Waals surface area contributed by atoms with Gasteiger partial charge >= 0.3 is 5.97 Å². The van der Waals surface area contributed by atoms with Gasteiger partial charge in [-0.25, -0.2) is 4.79 Å². The molecule has 6 nitrogen and oxygen atoms in total. The first kappa shape index (κ1) is 16.6. The van der Waals surface area contributed by atoms with Crippen LogP contribution in [-0.4, -0.2) is 44.1 Å². The molecular formula is C13H19NO5S. The number of carboxylic acid groups (broad SMARTS) is 1. The quantitative estimate of drug-likeness (QED) is 0.482. The van der Waals surface area contributed by atoms with Crippen LogP contribution in [0.15, 0.2) is 18.2 Å². The third kappa shape index (κ3) is 4.03. The first-order valence-electron chi connectivity index (χ1n) is 6.04. The number of hydrogen-bond donors (Lipinski definition) is 5. The lowest BCUT2D eigenvalue weighted by Gasteiger charge is -2.28. The number of phenols is 2. The largest absolute Gasteiger partial charge is 0.508 e. The summed E-state index contributed by atoms with van der Waals surface area (Å²) in [6.45, 7) is 1.62. The smallest absolute Gasteiger partial charge is 0.351 e. The molecular weight excluding hydrogens is 282 g/mol. The van der Waals surface area contributed by atoms with Crippen molar-refractivity contribution in [2.24, 2.45) is 0 Å². The fourth-order valence-electron chi connectivity index (χ4n) is 1.82. The maximum absolute atomic E-state index is 11.2. The predicted octanol–water partition coefficient (Wildman–Crippen LogP) is 1.27. The Morgan fingerprint density at radius 2 is 2.10 bits per heavy atom. The Labute approximate surface area is 121 Å². The van der Waals surface area contributed by atoms with E-state index in [2.05, 4.69) is 5.32 Å². The zero-order chi connectivity index (χ0) is 15.3. The lowest BCUT2D eigenvalue weighted by Crippen LogP contribution is -2.53. The molecule has 0 spiro atoms. The standard InChI is InChI=1S/C13H19NO5S/c1-8(10-4-3-9(15)7-11(10)16)14-13(19,12(17)18)5-6-20-2/h3-4,7-8,14-16,19H,5-6H2,1-2H3,(H,17,18). The minimum atomic E-state index is -2.06. The van der Waals surface area contributed by atoms with Crippen molar-refractivity contribution in [3.05, 3.63) is 23.8 Å². The highest BCUT2D eigenvalue weighted by atomic mass is 32.2. The number of benzene rings is 1. The summed E-state index contributed by atoms with van der Waals surface area (Å²) in [5.74, 6) is -1.14. The molecule has 5 N–H and O–H groups in total. The number of aliphatic hydroxyl groups is 1. The van der Waals surface area contributed by atoms with E-state index in [9.17, 15) is 20.1 Å². The van der Waals surface area contributed by atoms with Crippen molar-refractivity contribution in [2.45, 2.75) is 25.1 Å². The van der Waals surface area contributed by atoms with Crippen LogP contribution >= 0.6 is 11.8 Å². The lowest BCUT2D eigenvalue weighted by atomic mass is 10.0. The molecule has 0 aliphatic rings. The number of phenolic OH excluding ortho intramolecular Hbond substituents is 2. The summed E-state index contributed by atoms with van der Waals surface area (Å²) >= 11 is 1.43. The van der Waals surface area contributed by atoms with Crippen LogP contribution in [0.25, 0.3) is 0 Å². The van der Waals surface area contributed by atoms with Gasteiger partial charge in [-0.3, -0.25) is 5.32 Å². The number of aromatic hydroxyl groups is 2. The monoisotopic (exact) mass is 301 g/mol. The van der Waals surface area contributed by atoms with Crippen molar-refractivity contribution >= 4 is 17.7 Å². The number of aliphatic carboxylic acids is 1. The molecule has 2 unspecified atom stereocenters. The van der Waals surface area contributed by atoms with Crippen molar-refractivity contribution in [3.63, 3.8) is 0 Å². The molecule has 1 rings (SSSR count). The van der Waals surface area contributed by atoms with Gasteiger partial charge in [-0.2, -0.15) is 11.8 Å². The van der Waals surface area contributed by atoms with E-state index in [1.54, 1.807) is 6.92 Å². The van der Waals surface area contributed by atoms with Gasteiger partial charge in [-0.05, 0) is 25.0 Å². The Balaban J connectivity index is 2.90. The molecule has 112 valence electrons. The SMILES string of the molecule is CSCCC(O)(NC(C)c1ccc(O)cc1O)C(=O)O. The summed E-state index contributed by atoms with van der Waals surface area (Å²) < 4.78 is 0. The Morgan fingerprint density at radius 1 is 1.45 bits per heavy atom. The summed E-state index contributed by atoms with van der Waals surface area (Å²) in [7, 11) is 0. The second-order valence-electron chi connectivity index (χ2n) is 4.52. The van der Waals surface area contributed by atoms with Crippen LogP contribution < -0.4 is 5.32 Å². The van der Waals surface area contributed by atoms with Crippen LogP contribution in [0.2, 0.25) is 0 Å². The summed E-state index contributed by atoms with van der Waals surface area (Å²) in [6.07, 6.45) is 1.85. The Kier molecular flexibility index (Phi) is 5.67. The average molecular weight is 301 g/mol. The van der Waals surface area contributed by atoms with Gasteiger partial charge in [-0.1, -0.05) is 6.07 Å². The first-order chi connectivity index (χ1) is 9.30. The van der Waals surface area contributed by atoms with Gasteiger partial charge in [0.15, 0.2) is 0 Å². The zero-order valence-corrected chi connectivity index (χ0v) is 12.1. The van der Waals surface area contributed by atoms with Gasteiger partial charge in [0, 0.05) is 24.1 Å². The molecule has 2 atom stereocenters. The van der Waals surface area contributed by atoms with Crippen molar-refractivity contribution in [1.29, 1.82) is 0 Å². The Hall–Kier alpha value is -1.44. The van der Waals surface area contributed by atoms with Crippen LogP contribution in [0.3, 0.4) is 0 Å². The molecule has 0 amide bonds. The van der Waals surface area contributed by atoms with E-state index in [4.69, 9.17) is 5.11 Å². The van der Waals surface area contributed by atoms with Crippen LogP contribution in [-0.2, 0) is 4.79 Å². The molecule has 0 heterocycles. The van der Waals surface area contributed by atoms with Gasteiger partial charge in [0.2, 0.25) is 5.72 Å². The molecule has 0 aromatic heterocycles. The first-order valence-corrected chi connectivity index (χ1v) is 7.44. The predicted molar refractivity (Wildman–Crippen MR) is 76.9 cm³/mol. The number of thioether (sulfide) groups is 1. The van der Waals surface area contributed by atoms with E-state index < -0.39 is 17.7 Å². The van der Waals surface area contributed by atoms with Gasteiger partial charge < -0.3 is 20.4 Å². The Morgan fingerprint density at radius 3 is 2.60 bits per heavy atom. The molecule has 0 saturated carbocycles. The van der Waals surface area contributed by atoms with E-state index in [0.717, 1.165) is 6.07 Å². The number of rotatable bonds is 7. The summed E-state index contributed by atoms with van der Waals surface area (Å²) in [4.78, 5) is 11.2. The van der Waals surface area contributed by atoms with Crippen LogP contribution in [0.4, 0.5) is 0 Å². The highest BCUT2D eigenvalue weighted by Gasteiger charge is 2.37. The van der Waals surface area contributed by atoms with Gasteiger partial charge in [0.25, 0.3) is 0 Å². The average Bonchev–Trinajstić information content (AvgIpc) is 2.35. The maximum Gasteiger partial charge on any atom is 0.351 e.